The number of fused-ring (bicyclic) bond motifs is 1. The van der Waals surface area contributed by atoms with Crippen LogP contribution in [0.25, 0.3) is 17.4 Å². The van der Waals surface area contributed by atoms with Gasteiger partial charge in [0.1, 0.15) is 17.3 Å². The van der Waals surface area contributed by atoms with Crippen LogP contribution in [-0.2, 0) is 9.53 Å². The predicted molar refractivity (Wildman–Crippen MR) is 150 cm³/mol. The number of benzene rings is 2. The molecular weight excluding hydrogens is 568 g/mol. The lowest BCUT2D eigenvalue weighted by Crippen LogP contribution is -2.39. The Morgan fingerprint density at radius 1 is 1.16 bits per heavy atom. The normalized spacial score (nSPS) is 15.3. The number of esters is 1. The molecule has 3 heterocycles. The molecular formula is C29H25BrN2O5S. The number of methoxy groups -OCH3 is 1. The molecule has 0 amide bonds. The molecule has 0 saturated heterocycles. The zero-order valence-corrected chi connectivity index (χ0v) is 23.7. The minimum atomic E-state index is -0.686. The molecule has 0 N–H and O–H groups in total. The Balaban J connectivity index is 1.63. The number of rotatable bonds is 6. The number of hydrogen-bond donors (Lipinski definition) is 0. The summed E-state index contributed by atoms with van der Waals surface area (Å²) in [6.07, 6.45) is 1.71. The van der Waals surface area contributed by atoms with Gasteiger partial charge >= 0.3 is 5.97 Å². The van der Waals surface area contributed by atoms with Gasteiger partial charge in [-0.05, 0) is 68.3 Å². The van der Waals surface area contributed by atoms with Gasteiger partial charge in [0.25, 0.3) is 5.56 Å². The molecule has 1 aliphatic heterocycles. The first-order valence-corrected chi connectivity index (χ1v) is 13.6. The van der Waals surface area contributed by atoms with Crippen LogP contribution in [0.2, 0.25) is 0 Å². The maximum atomic E-state index is 13.8. The average Bonchev–Trinajstić information content (AvgIpc) is 3.47. The fourth-order valence-electron chi connectivity index (χ4n) is 4.42. The van der Waals surface area contributed by atoms with E-state index in [-0.39, 0.29) is 12.2 Å². The lowest BCUT2D eigenvalue weighted by Gasteiger charge is -2.24. The topological polar surface area (TPSA) is 83.0 Å². The van der Waals surface area contributed by atoms with E-state index in [1.54, 1.807) is 43.7 Å². The summed E-state index contributed by atoms with van der Waals surface area (Å²) < 4.78 is 19.6. The lowest BCUT2D eigenvalue weighted by molar-refractivity contribution is -0.139. The van der Waals surface area contributed by atoms with Crippen molar-refractivity contribution in [1.82, 2.24) is 4.57 Å². The molecule has 0 saturated carbocycles. The molecule has 7 nitrogen and oxygen atoms in total. The summed E-state index contributed by atoms with van der Waals surface area (Å²) >= 11 is 4.85. The summed E-state index contributed by atoms with van der Waals surface area (Å²) in [5, 5.41) is 0. The van der Waals surface area contributed by atoms with Gasteiger partial charge in [-0.15, -0.1) is 0 Å². The second-order valence-corrected chi connectivity index (χ2v) is 10.6. The van der Waals surface area contributed by atoms with E-state index >= 15 is 0 Å². The van der Waals surface area contributed by atoms with E-state index < -0.39 is 12.0 Å². The fraction of sp³-hybridized carbons (Fsp3) is 0.207. The van der Waals surface area contributed by atoms with Crippen molar-refractivity contribution in [3.05, 3.63) is 107 Å². The second kappa shape index (κ2) is 10.6. The van der Waals surface area contributed by atoms with Crippen molar-refractivity contribution in [2.24, 2.45) is 4.99 Å². The number of halogens is 1. The largest absolute Gasteiger partial charge is 0.497 e. The standard InChI is InChI=1S/C29H25BrN2O5S/c1-5-36-28(34)25-17(3)31-29-32(26(25)18-7-9-19(35-4)10-8-18)27(33)24(38-29)15-20-11-13-23(37-20)21-12-6-16(2)14-22(21)30/h6-15,26H,5H2,1-4H3. The van der Waals surface area contributed by atoms with Crippen molar-refractivity contribution in [3.63, 3.8) is 0 Å². The molecule has 0 radical (unpaired) electrons. The highest BCUT2D eigenvalue weighted by Gasteiger charge is 2.33. The van der Waals surface area contributed by atoms with Gasteiger partial charge in [-0.1, -0.05) is 45.5 Å². The third-order valence-electron chi connectivity index (χ3n) is 6.24. The van der Waals surface area contributed by atoms with Crippen molar-refractivity contribution in [2.45, 2.75) is 26.8 Å². The molecule has 1 aliphatic rings. The van der Waals surface area contributed by atoms with Gasteiger partial charge in [-0.2, -0.15) is 0 Å². The molecule has 1 atom stereocenters. The van der Waals surface area contributed by atoms with E-state index in [4.69, 9.17) is 13.9 Å². The second-order valence-electron chi connectivity index (χ2n) is 8.76. The maximum Gasteiger partial charge on any atom is 0.338 e. The molecule has 194 valence electrons. The molecule has 0 bridgehead atoms. The van der Waals surface area contributed by atoms with Crippen molar-refractivity contribution in [3.8, 4) is 17.1 Å². The molecule has 0 spiro atoms. The zero-order chi connectivity index (χ0) is 27.0. The molecule has 1 unspecified atom stereocenters. The van der Waals surface area contributed by atoms with Gasteiger partial charge in [-0.3, -0.25) is 9.36 Å². The number of thiazole rings is 1. The summed E-state index contributed by atoms with van der Waals surface area (Å²) in [6.45, 7) is 5.75. The minimum Gasteiger partial charge on any atom is -0.497 e. The van der Waals surface area contributed by atoms with Crippen molar-refractivity contribution in [1.29, 1.82) is 0 Å². The SMILES string of the molecule is CCOC(=O)C1=C(C)N=c2sc(=Cc3ccc(-c4ccc(C)cc4Br)o3)c(=O)n2C1c1ccc(OC)cc1. The first-order chi connectivity index (χ1) is 18.3. The van der Waals surface area contributed by atoms with Gasteiger partial charge in [-0.25, -0.2) is 9.79 Å². The van der Waals surface area contributed by atoms with Gasteiger partial charge in [0.2, 0.25) is 0 Å². The Morgan fingerprint density at radius 3 is 2.61 bits per heavy atom. The third-order valence-corrected chi connectivity index (χ3v) is 7.88. The van der Waals surface area contributed by atoms with Crippen LogP contribution in [-0.4, -0.2) is 24.3 Å². The number of ether oxygens (including phenoxy) is 2. The molecule has 9 heteroatoms. The van der Waals surface area contributed by atoms with Crippen LogP contribution in [0.15, 0.2) is 84.5 Å². The Bertz CT molecular complexity index is 1740. The number of nitrogens with zero attached hydrogens (tertiary/aromatic N) is 2. The first kappa shape index (κ1) is 25.9. The highest BCUT2D eigenvalue weighted by molar-refractivity contribution is 9.10. The van der Waals surface area contributed by atoms with E-state index in [1.807, 2.05) is 49.4 Å². The van der Waals surface area contributed by atoms with Gasteiger partial charge < -0.3 is 13.9 Å². The third kappa shape index (κ3) is 4.79. The van der Waals surface area contributed by atoms with E-state index in [1.165, 1.54) is 11.3 Å². The zero-order valence-electron chi connectivity index (χ0n) is 21.3. The van der Waals surface area contributed by atoms with Gasteiger partial charge in [0, 0.05) is 16.1 Å². The summed E-state index contributed by atoms with van der Waals surface area (Å²) in [5.41, 5.74) is 3.39. The molecule has 38 heavy (non-hydrogen) atoms. The highest BCUT2D eigenvalue weighted by Crippen LogP contribution is 2.32. The van der Waals surface area contributed by atoms with Crippen LogP contribution in [0.4, 0.5) is 0 Å². The number of hydrogen-bond acceptors (Lipinski definition) is 7. The molecule has 2 aromatic carbocycles. The van der Waals surface area contributed by atoms with Gasteiger partial charge in [0.15, 0.2) is 4.80 Å². The Kier molecular flexibility index (Phi) is 7.23. The number of allylic oxidation sites excluding steroid dienone is 1. The van der Waals surface area contributed by atoms with Crippen LogP contribution in [0, 0.1) is 6.92 Å². The highest BCUT2D eigenvalue weighted by atomic mass is 79.9. The van der Waals surface area contributed by atoms with Crippen LogP contribution >= 0.6 is 27.3 Å². The quantitative estimate of drug-likeness (QED) is 0.290. The number of furan rings is 1. The Morgan fingerprint density at radius 2 is 1.92 bits per heavy atom. The van der Waals surface area contributed by atoms with E-state index in [9.17, 15) is 9.59 Å². The lowest BCUT2D eigenvalue weighted by atomic mass is 9.96. The molecule has 4 aromatic rings. The predicted octanol–water partition coefficient (Wildman–Crippen LogP) is 5.14. The maximum absolute atomic E-state index is 13.8. The number of carbonyl (C=O) groups excluding carboxylic acids is 1. The van der Waals surface area contributed by atoms with Crippen molar-refractivity contribution in [2.75, 3.05) is 13.7 Å². The minimum absolute atomic E-state index is 0.216. The average molecular weight is 593 g/mol. The van der Waals surface area contributed by atoms with Crippen LogP contribution in [0.3, 0.4) is 0 Å². The number of carbonyl (C=O) groups is 1. The van der Waals surface area contributed by atoms with Crippen LogP contribution in [0.5, 0.6) is 5.75 Å². The summed E-state index contributed by atoms with van der Waals surface area (Å²) in [7, 11) is 1.59. The monoisotopic (exact) mass is 592 g/mol. The smallest absolute Gasteiger partial charge is 0.338 e. The van der Waals surface area contributed by atoms with Crippen molar-refractivity contribution >= 4 is 39.3 Å². The van der Waals surface area contributed by atoms with E-state index in [2.05, 4.69) is 20.9 Å². The fourth-order valence-corrected chi connectivity index (χ4v) is 6.13. The first-order valence-electron chi connectivity index (χ1n) is 12.0. The summed E-state index contributed by atoms with van der Waals surface area (Å²) in [4.78, 5) is 31.9. The van der Waals surface area contributed by atoms with Crippen LogP contribution < -0.4 is 19.6 Å². The van der Waals surface area contributed by atoms with Gasteiger partial charge in [0.05, 0.1) is 35.6 Å². The van der Waals surface area contributed by atoms with Crippen molar-refractivity contribution < 1.29 is 18.7 Å². The molecule has 0 fully saturated rings. The summed E-state index contributed by atoms with van der Waals surface area (Å²) in [5.74, 6) is 1.41. The van der Waals surface area contributed by atoms with Crippen LogP contribution in [0.1, 0.15) is 36.8 Å². The molecule has 0 aliphatic carbocycles. The Labute approximate surface area is 231 Å². The summed E-state index contributed by atoms with van der Waals surface area (Å²) in [6, 6.07) is 16.3. The number of aryl methyl sites for hydroxylation is 1. The van der Waals surface area contributed by atoms with E-state index in [0.29, 0.717) is 37.9 Å². The molecule has 2 aromatic heterocycles. The number of aromatic nitrogens is 1. The Hall–Kier alpha value is -3.69. The molecule has 5 rings (SSSR count). The van der Waals surface area contributed by atoms with E-state index in [0.717, 1.165) is 21.2 Å².